The number of fused-ring (bicyclic) bond motifs is 3. The molecule has 1 aliphatic heterocycles. The van der Waals surface area contributed by atoms with Gasteiger partial charge in [0.1, 0.15) is 24.4 Å². The summed E-state index contributed by atoms with van der Waals surface area (Å²) < 4.78 is 23.9. The second kappa shape index (κ2) is 12.7. The molecule has 1 aliphatic carbocycles. The Hall–Kier alpha value is -2.37. The van der Waals surface area contributed by atoms with Crippen molar-refractivity contribution in [1.82, 2.24) is 5.32 Å². The fourth-order valence-corrected chi connectivity index (χ4v) is 6.92. The van der Waals surface area contributed by atoms with Crippen LogP contribution in [0.1, 0.15) is 30.5 Å². The second-order valence-corrected chi connectivity index (χ2v) is 12.8. The quantitative estimate of drug-likeness (QED) is 0.238. The summed E-state index contributed by atoms with van der Waals surface area (Å²) in [5, 5.41) is 44.7. The Morgan fingerprint density at radius 3 is 2.40 bits per heavy atom. The maximum Gasteiger partial charge on any atom is 0.229 e. The molecular weight excluding hydrogens is 557 g/mol. The number of amides is 1. The fraction of sp³-hybridized carbons (Fsp3) is 0.500. The Bertz CT molecular complexity index is 1320. The van der Waals surface area contributed by atoms with Gasteiger partial charge in [-0.05, 0) is 60.3 Å². The van der Waals surface area contributed by atoms with E-state index in [4.69, 9.17) is 31.2 Å². The molecular formula is C28H36NO9PS. The van der Waals surface area contributed by atoms with Gasteiger partial charge in [0.15, 0.2) is 11.5 Å². The van der Waals surface area contributed by atoms with Gasteiger partial charge >= 0.3 is 0 Å². The molecule has 2 aromatic carbocycles. The van der Waals surface area contributed by atoms with Crippen LogP contribution in [0.2, 0.25) is 0 Å². The first-order valence-corrected chi connectivity index (χ1v) is 15.5. The Balaban J connectivity index is 1.91. The van der Waals surface area contributed by atoms with Crippen molar-refractivity contribution in [2.75, 3.05) is 34.2 Å². The molecule has 2 aliphatic rings. The number of carbonyl (C=O) groups is 1. The van der Waals surface area contributed by atoms with Gasteiger partial charge in [0.2, 0.25) is 17.9 Å². The summed E-state index contributed by atoms with van der Waals surface area (Å²) >= 11 is 5.79. The molecule has 40 heavy (non-hydrogen) atoms. The van der Waals surface area contributed by atoms with Gasteiger partial charge in [-0.3, -0.25) is 4.79 Å². The molecule has 1 saturated heterocycles. The zero-order chi connectivity index (χ0) is 29.3. The minimum atomic E-state index is -1.60. The number of methoxy groups -OCH3 is 2. The average molecular weight is 594 g/mol. The van der Waals surface area contributed by atoms with Crippen LogP contribution in [0.15, 0.2) is 24.3 Å². The van der Waals surface area contributed by atoms with Crippen LogP contribution < -0.4 is 24.8 Å². The molecule has 5 N–H and O–H groups in total. The number of hydrogen-bond donors (Lipinski definition) is 5. The van der Waals surface area contributed by atoms with Crippen molar-refractivity contribution in [3.63, 3.8) is 0 Å². The number of aliphatic hydroxyl groups is 4. The van der Waals surface area contributed by atoms with Crippen molar-refractivity contribution in [3.8, 4) is 28.4 Å². The van der Waals surface area contributed by atoms with E-state index in [0.717, 1.165) is 32.1 Å². The topological polar surface area (TPSA) is 147 Å². The molecule has 10 nitrogen and oxygen atoms in total. The maximum absolute atomic E-state index is 12.2. The summed E-state index contributed by atoms with van der Waals surface area (Å²) in [7, 11) is 2.48. The zero-order valence-electron chi connectivity index (χ0n) is 23.1. The van der Waals surface area contributed by atoms with E-state index in [9.17, 15) is 25.2 Å². The SMILES string of the molecule is COc1c(O[C@@H]2O[C@H](CO)[C@@H](O)[C@H](O)[C@H]2O)cc2c(c1OC)-c1ccc(P(C)C)c(=S)cc1C(NC(C)=O)CC2. The first-order valence-electron chi connectivity index (χ1n) is 12.9. The molecule has 1 unspecified atom stereocenters. The summed E-state index contributed by atoms with van der Waals surface area (Å²) in [5.41, 5.74) is 3.29. The van der Waals surface area contributed by atoms with E-state index in [-0.39, 0.29) is 23.4 Å². The van der Waals surface area contributed by atoms with Gasteiger partial charge in [-0.25, -0.2) is 0 Å². The summed E-state index contributed by atoms with van der Waals surface area (Å²) in [4.78, 5) is 12.2. The normalized spacial score (nSPS) is 25.9. The predicted octanol–water partition coefficient (Wildman–Crippen LogP) is 1.77. The van der Waals surface area contributed by atoms with Crippen molar-refractivity contribution < 1.29 is 44.2 Å². The Kier molecular flexibility index (Phi) is 9.67. The number of rotatable bonds is 7. The number of aliphatic hydroxyl groups excluding tert-OH is 4. The molecule has 6 atom stereocenters. The lowest BCUT2D eigenvalue weighted by Gasteiger charge is -2.39. The van der Waals surface area contributed by atoms with E-state index in [0.29, 0.717) is 18.6 Å². The van der Waals surface area contributed by atoms with Crippen LogP contribution in [0.4, 0.5) is 0 Å². The Labute approximate surface area is 239 Å². The molecule has 4 rings (SSSR count). The molecule has 0 bridgehead atoms. The predicted molar refractivity (Wildman–Crippen MR) is 153 cm³/mol. The summed E-state index contributed by atoms with van der Waals surface area (Å²) in [6.45, 7) is 5.17. The van der Waals surface area contributed by atoms with Crippen LogP contribution in [-0.4, -0.2) is 91.2 Å². The number of benzene rings is 1. The summed E-state index contributed by atoms with van der Waals surface area (Å²) in [5.74, 6) is 0.612. The molecule has 0 radical (unpaired) electrons. The first-order chi connectivity index (χ1) is 19.0. The smallest absolute Gasteiger partial charge is 0.229 e. The van der Waals surface area contributed by atoms with Crippen molar-refractivity contribution in [1.29, 1.82) is 0 Å². The molecule has 0 aromatic heterocycles. The molecule has 12 heteroatoms. The molecule has 0 saturated carbocycles. The number of carbonyl (C=O) groups excluding carboxylic acids is 1. The molecule has 2 aromatic rings. The largest absolute Gasteiger partial charge is 0.492 e. The lowest BCUT2D eigenvalue weighted by atomic mass is 9.95. The number of ether oxygens (including phenoxy) is 4. The Morgan fingerprint density at radius 1 is 1.10 bits per heavy atom. The zero-order valence-corrected chi connectivity index (χ0v) is 24.8. The maximum atomic E-state index is 12.2. The number of aryl methyl sites for hydroxylation is 1. The van der Waals surface area contributed by atoms with Crippen LogP contribution in [0, 0.1) is 4.51 Å². The van der Waals surface area contributed by atoms with E-state index in [1.807, 2.05) is 18.2 Å². The van der Waals surface area contributed by atoms with Gasteiger partial charge in [0.05, 0.1) is 26.9 Å². The van der Waals surface area contributed by atoms with E-state index >= 15 is 0 Å². The summed E-state index contributed by atoms with van der Waals surface area (Å²) in [6.07, 6.45) is -6.16. The molecule has 1 fully saturated rings. The number of hydrogen-bond acceptors (Lipinski definition) is 10. The van der Waals surface area contributed by atoms with E-state index in [2.05, 4.69) is 18.6 Å². The first kappa shape index (κ1) is 30.6. The van der Waals surface area contributed by atoms with Gasteiger partial charge in [-0.2, -0.15) is 0 Å². The van der Waals surface area contributed by atoms with Gasteiger partial charge in [0, 0.05) is 17.0 Å². The third-order valence-corrected chi connectivity index (χ3v) is 9.09. The highest BCUT2D eigenvalue weighted by atomic mass is 32.1. The average Bonchev–Trinajstić information content (AvgIpc) is 3.16. The fourth-order valence-electron chi connectivity index (χ4n) is 5.29. The van der Waals surface area contributed by atoms with Crippen molar-refractivity contribution in [2.45, 2.75) is 56.5 Å². The molecule has 1 heterocycles. The van der Waals surface area contributed by atoms with E-state index in [1.54, 1.807) is 6.07 Å². The lowest BCUT2D eigenvalue weighted by Crippen LogP contribution is -2.60. The van der Waals surface area contributed by atoms with Crippen molar-refractivity contribution in [2.24, 2.45) is 0 Å². The van der Waals surface area contributed by atoms with Crippen LogP contribution >= 0.6 is 20.1 Å². The Morgan fingerprint density at radius 2 is 1.80 bits per heavy atom. The second-order valence-electron chi connectivity index (χ2n) is 10.1. The van der Waals surface area contributed by atoms with E-state index in [1.165, 1.54) is 21.1 Å². The minimum absolute atomic E-state index is 0.163. The summed E-state index contributed by atoms with van der Waals surface area (Å²) in [6, 6.07) is 7.43. The van der Waals surface area contributed by atoms with Crippen LogP contribution in [0.5, 0.6) is 17.2 Å². The standard InChI is InChI=1S/C28H36NO9PS/c1-13(31)29-17-8-6-14-10-18(37-28-25(34)24(33)23(32)19(12-30)38-28)26(35-2)27(36-3)22(14)15-7-9-20(39(4)5)21(40)11-16(15)17/h7,9-11,17,19,23-25,28,30,32-34H,6,8,12H2,1-5H3,(H,29,31)/t17?,19-,23-,24+,25-,28-/m1/s1. The monoisotopic (exact) mass is 593 g/mol. The van der Waals surface area contributed by atoms with Gasteiger partial charge in [-0.1, -0.05) is 32.3 Å². The van der Waals surface area contributed by atoms with Crippen LogP contribution in [-0.2, 0) is 16.0 Å². The molecule has 1 amide bonds. The minimum Gasteiger partial charge on any atom is -0.492 e. The van der Waals surface area contributed by atoms with Gasteiger partial charge < -0.3 is 44.7 Å². The highest BCUT2D eigenvalue weighted by Gasteiger charge is 2.45. The number of nitrogens with one attached hydrogen (secondary N) is 1. The highest BCUT2D eigenvalue weighted by Crippen LogP contribution is 2.51. The molecule has 218 valence electrons. The highest BCUT2D eigenvalue weighted by molar-refractivity contribution is 7.73. The van der Waals surface area contributed by atoms with Crippen LogP contribution in [0.3, 0.4) is 0 Å². The van der Waals surface area contributed by atoms with Crippen molar-refractivity contribution in [3.05, 3.63) is 39.9 Å². The van der Waals surface area contributed by atoms with Gasteiger partial charge in [-0.15, -0.1) is 0 Å². The van der Waals surface area contributed by atoms with E-state index < -0.39 is 45.2 Å². The van der Waals surface area contributed by atoms with Gasteiger partial charge in [0.25, 0.3) is 0 Å². The third kappa shape index (κ3) is 5.83. The van der Waals surface area contributed by atoms with Crippen molar-refractivity contribution >= 4 is 31.4 Å². The van der Waals surface area contributed by atoms with Crippen LogP contribution in [0.25, 0.3) is 11.1 Å². The lowest BCUT2D eigenvalue weighted by molar-refractivity contribution is -0.277. The molecule has 0 spiro atoms. The third-order valence-electron chi connectivity index (χ3n) is 7.25.